The Morgan fingerprint density at radius 2 is 1.85 bits per heavy atom. The van der Waals surface area contributed by atoms with Crippen LogP contribution < -0.4 is 19.5 Å². The van der Waals surface area contributed by atoms with Gasteiger partial charge in [0.15, 0.2) is 11.5 Å². The van der Waals surface area contributed by atoms with Crippen molar-refractivity contribution in [1.82, 2.24) is 0 Å². The molecular formula is C24H22Cl2FNO5. The Bertz CT molecular complexity index is 1140. The molecule has 0 fully saturated rings. The van der Waals surface area contributed by atoms with E-state index in [1.807, 2.05) is 6.92 Å². The van der Waals surface area contributed by atoms with E-state index in [1.54, 1.807) is 24.3 Å². The van der Waals surface area contributed by atoms with Crippen LogP contribution in [0.2, 0.25) is 10.0 Å². The van der Waals surface area contributed by atoms with E-state index in [9.17, 15) is 14.3 Å². The first-order chi connectivity index (χ1) is 15.8. The van der Waals surface area contributed by atoms with Crippen molar-refractivity contribution in [2.45, 2.75) is 20.1 Å². The van der Waals surface area contributed by atoms with Gasteiger partial charge < -0.3 is 24.6 Å². The Balaban J connectivity index is 1.82. The monoisotopic (exact) mass is 493 g/mol. The van der Waals surface area contributed by atoms with E-state index in [1.165, 1.54) is 31.4 Å². The summed E-state index contributed by atoms with van der Waals surface area (Å²) >= 11 is 12.5. The molecule has 3 aromatic rings. The van der Waals surface area contributed by atoms with E-state index in [-0.39, 0.29) is 33.5 Å². The summed E-state index contributed by atoms with van der Waals surface area (Å²) in [5, 5.41) is 12.9. The van der Waals surface area contributed by atoms with Gasteiger partial charge >= 0.3 is 5.97 Å². The predicted octanol–water partition coefficient (Wildman–Crippen LogP) is 6.43. The minimum absolute atomic E-state index is 0.123. The number of carboxylic acid groups (broad SMARTS) is 1. The highest BCUT2D eigenvalue weighted by Crippen LogP contribution is 2.38. The van der Waals surface area contributed by atoms with Crippen molar-refractivity contribution in [3.63, 3.8) is 0 Å². The van der Waals surface area contributed by atoms with Crippen LogP contribution in [0, 0.1) is 5.82 Å². The number of hydrogen-bond acceptors (Lipinski definition) is 5. The lowest BCUT2D eigenvalue weighted by Gasteiger charge is -2.17. The molecule has 6 nitrogen and oxygen atoms in total. The average Bonchev–Trinajstić information content (AvgIpc) is 2.78. The fraction of sp³-hybridized carbons (Fsp3) is 0.208. The standard InChI is InChI=1S/C24H22Cl2FNO5/c1-3-32-22-10-14(12-28-20-11-15(24(29)30)7-8-21(20)31-2)9-18(26)23(22)33-13-16-17(25)5-4-6-19(16)27/h4-11,28H,3,12-13H2,1-2H3,(H,29,30). The van der Waals surface area contributed by atoms with E-state index in [2.05, 4.69) is 5.32 Å². The molecule has 0 aliphatic rings. The molecule has 2 N–H and O–H groups in total. The minimum Gasteiger partial charge on any atom is -0.495 e. The molecule has 0 aliphatic carbocycles. The zero-order valence-corrected chi connectivity index (χ0v) is 19.5. The molecule has 0 unspecified atom stereocenters. The van der Waals surface area contributed by atoms with Crippen LogP contribution in [0.4, 0.5) is 10.1 Å². The Morgan fingerprint density at radius 3 is 2.52 bits per heavy atom. The molecule has 0 aliphatic heterocycles. The second kappa shape index (κ2) is 11.1. The molecule has 3 rings (SSSR count). The molecular weight excluding hydrogens is 472 g/mol. The largest absolute Gasteiger partial charge is 0.495 e. The summed E-state index contributed by atoms with van der Waals surface area (Å²) in [5.74, 6) is -0.362. The van der Waals surface area contributed by atoms with E-state index in [0.29, 0.717) is 30.3 Å². The van der Waals surface area contributed by atoms with Crippen LogP contribution in [0.15, 0.2) is 48.5 Å². The number of carbonyl (C=O) groups is 1. The fourth-order valence-corrected chi connectivity index (χ4v) is 3.62. The molecule has 0 radical (unpaired) electrons. The highest BCUT2D eigenvalue weighted by atomic mass is 35.5. The lowest BCUT2D eigenvalue weighted by Crippen LogP contribution is -2.06. The number of benzene rings is 3. The second-order valence-corrected chi connectivity index (χ2v) is 7.71. The first-order valence-corrected chi connectivity index (χ1v) is 10.8. The minimum atomic E-state index is -1.04. The molecule has 0 saturated carbocycles. The molecule has 3 aromatic carbocycles. The summed E-state index contributed by atoms with van der Waals surface area (Å²) in [6.07, 6.45) is 0. The lowest BCUT2D eigenvalue weighted by atomic mass is 10.1. The van der Waals surface area contributed by atoms with Gasteiger partial charge in [0.25, 0.3) is 0 Å². The summed E-state index contributed by atoms with van der Waals surface area (Å²) in [4.78, 5) is 11.3. The average molecular weight is 494 g/mol. The molecule has 0 aromatic heterocycles. The molecule has 33 heavy (non-hydrogen) atoms. The molecule has 0 atom stereocenters. The number of halogens is 3. The Hall–Kier alpha value is -3.16. The Kier molecular flexibility index (Phi) is 8.25. The Labute approximate surface area is 200 Å². The number of carboxylic acids is 1. The lowest BCUT2D eigenvalue weighted by molar-refractivity contribution is 0.0697. The van der Waals surface area contributed by atoms with Crippen molar-refractivity contribution in [3.8, 4) is 17.2 Å². The van der Waals surface area contributed by atoms with Crippen LogP contribution in [0.3, 0.4) is 0 Å². The Morgan fingerprint density at radius 1 is 1.06 bits per heavy atom. The molecule has 9 heteroatoms. The van der Waals surface area contributed by atoms with Crippen LogP contribution in [0.25, 0.3) is 0 Å². The first kappa shape index (κ1) is 24.5. The molecule has 0 amide bonds. The number of nitrogens with one attached hydrogen (secondary N) is 1. The molecule has 174 valence electrons. The van der Waals surface area contributed by atoms with Gasteiger partial charge in [-0.3, -0.25) is 0 Å². The predicted molar refractivity (Wildman–Crippen MR) is 126 cm³/mol. The van der Waals surface area contributed by atoms with Gasteiger partial charge in [0.1, 0.15) is 18.2 Å². The van der Waals surface area contributed by atoms with Crippen LogP contribution in [-0.2, 0) is 13.2 Å². The van der Waals surface area contributed by atoms with Gasteiger partial charge in [-0.1, -0.05) is 29.3 Å². The quantitative estimate of drug-likeness (QED) is 0.338. The number of methoxy groups -OCH3 is 1. The van der Waals surface area contributed by atoms with Crippen molar-refractivity contribution in [1.29, 1.82) is 0 Å². The van der Waals surface area contributed by atoms with E-state index < -0.39 is 11.8 Å². The zero-order valence-electron chi connectivity index (χ0n) is 18.0. The van der Waals surface area contributed by atoms with Crippen molar-refractivity contribution in [2.24, 2.45) is 0 Å². The van der Waals surface area contributed by atoms with Gasteiger partial charge in [0.05, 0.1) is 35.0 Å². The van der Waals surface area contributed by atoms with Gasteiger partial charge in [-0.2, -0.15) is 0 Å². The number of rotatable bonds is 10. The molecule has 0 saturated heterocycles. The zero-order chi connectivity index (χ0) is 24.0. The third kappa shape index (κ3) is 6.00. The van der Waals surface area contributed by atoms with Gasteiger partial charge in [-0.15, -0.1) is 0 Å². The number of anilines is 1. The van der Waals surface area contributed by atoms with Crippen molar-refractivity contribution in [2.75, 3.05) is 19.0 Å². The van der Waals surface area contributed by atoms with Crippen LogP contribution in [-0.4, -0.2) is 24.8 Å². The summed E-state index contributed by atoms with van der Waals surface area (Å²) in [6.45, 7) is 2.36. The van der Waals surface area contributed by atoms with Crippen molar-refractivity contribution < 1.29 is 28.5 Å². The van der Waals surface area contributed by atoms with E-state index in [4.69, 9.17) is 37.4 Å². The van der Waals surface area contributed by atoms with E-state index >= 15 is 0 Å². The van der Waals surface area contributed by atoms with Gasteiger partial charge in [-0.05, 0) is 55.0 Å². The van der Waals surface area contributed by atoms with Crippen molar-refractivity contribution >= 4 is 34.9 Å². The van der Waals surface area contributed by atoms with Crippen LogP contribution in [0.1, 0.15) is 28.4 Å². The molecule has 0 bridgehead atoms. The topological polar surface area (TPSA) is 77.0 Å². The van der Waals surface area contributed by atoms with Crippen molar-refractivity contribution in [3.05, 3.63) is 81.1 Å². The SMILES string of the molecule is CCOc1cc(CNc2cc(C(=O)O)ccc2OC)cc(Cl)c1OCc1c(F)cccc1Cl. The highest BCUT2D eigenvalue weighted by Gasteiger charge is 2.16. The first-order valence-electron chi connectivity index (χ1n) is 10.00. The maximum Gasteiger partial charge on any atom is 0.335 e. The highest BCUT2D eigenvalue weighted by molar-refractivity contribution is 6.32. The summed E-state index contributed by atoms with van der Waals surface area (Å²) in [6, 6.07) is 12.4. The molecule has 0 heterocycles. The van der Waals surface area contributed by atoms with Crippen LogP contribution >= 0.6 is 23.2 Å². The van der Waals surface area contributed by atoms with Crippen LogP contribution in [0.5, 0.6) is 17.2 Å². The summed E-state index contributed by atoms with van der Waals surface area (Å²) in [5.41, 5.74) is 1.61. The normalized spacial score (nSPS) is 10.6. The third-order valence-electron chi connectivity index (χ3n) is 4.72. The third-order valence-corrected chi connectivity index (χ3v) is 5.36. The second-order valence-electron chi connectivity index (χ2n) is 6.90. The van der Waals surface area contributed by atoms with Gasteiger partial charge in [0.2, 0.25) is 0 Å². The molecule has 0 spiro atoms. The number of hydrogen-bond donors (Lipinski definition) is 2. The smallest absolute Gasteiger partial charge is 0.335 e. The number of ether oxygens (including phenoxy) is 3. The van der Waals surface area contributed by atoms with Gasteiger partial charge in [0, 0.05) is 12.1 Å². The van der Waals surface area contributed by atoms with Gasteiger partial charge in [-0.25, -0.2) is 9.18 Å². The maximum absolute atomic E-state index is 14.1. The summed E-state index contributed by atoms with van der Waals surface area (Å²) < 4.78 is 30.8. The fourth-order valence-electron chi connectivity index (χ4n) is 3.12. The summed E-state index contributed by atoms with van der Waals surface area (Å²) in [7, 11) is 1.50. The maximum atomic E-state index is 14.1. The number of aromatic carboxylic acids is 1. The van der Waals surface area contributed by atoms with E-state index in [0.717, 1.165) is 5.56 Å².